The number of aliphatic hydroxyl groups excluding tert-OH is 1. The van der Waals surface area contributed by atoms with Gasteiger partial charge in [0.05, 0.1) is 19.8 Å². The molecule has 0 rings (SSSR count). The van der Waals surface area contributed by atoms with E-state index in [0.717, 1.165) is 109 Å². The first-order valence-electron chi connectivity index (χ1n) is 30.5. The van der Waals surface area contributed by atoms with Gasteiger partial charge in [-0.2, -0.15) is 0 Å². The van der Waals surface area contributed by atoms with Gasteiger partial charge in [0, 0.05) is 19.3 Å². The molecule has 0 spiro atoms. The molecule has 0 fully saturated rings. The highest BCUT2D eigenvalue weighted by Crippen LogP contribution is 2.43. The van der Waals surface area contributed by atoms with Crippen LogP contribution in [0.5, 0.6) is 0 Å². The number of aliphatic hydroxyl groups is 1. The van der Waals surface area contributed by atoms with Gasteiger partial charge in [0.25, 0.3) is 0 Å². The first-order valence-corrected chi connectivity index (χ1v) is 32.0. The molecule has 0 saturated carbocycles. The molecule has 0 heterocycles. The van der Waals surface area contributed by atoms with Crippen LogP contribution >= 0.6 is 7.82 Å². The standard InChI is InChI=1S/C62H113O11P/c1-4-7-10-13-16-19-22-25-27-28-29-30-32-34-36-39-42-45-48-51-60(64)69-55-59(73-62(66)53-50-47-44-41-38-35-31-26-23-20-17-14-11-8-5-2)57-71-74(67,68)70-56-58(54-63)72-61(65)52-49-46-43-40-37-33-24-21-18-15-12-9-6-3/h16,19,21,24-25,27,29-30,58-59,63H,4-15,17-18,20,22-23,26,28,31-57H2,1-3H3,(H,67,68)/b19-16-,24-21-,27-25-,30-29-. The average Bonchev–Trinajstić information content (AvgIpc) is 3.39. The van der Waals surface area contributed by atoms with Crippen molar-refractivity contribution in [1.29, 1.82) is 0 Å². The highest BCUT2D eigenvalue weighted by Gasteiger charge is 2.28. The number of carbonyl (C=O) groups excluding carboxylic acids is 3. The molecule has 432 valence electrons. The van der Waals surface area contributed by atoms with Gasteiger partial charge in [0.15, 0.2) is 6.10 Å². The topological polar surface area (TPSA) is 155 Å². The van der Waals surface area contributed by atoms with Crippen molar-refractivity contribution in [3.05, 3.63) is 48.6 Å². The normalized spacial score (nSPS) is 13.6. The minimum absolute atomic E-state index is 0.168. The number of phosphoric ester groups is 1. The summed E-state index contributed by atoms with van der Waals surface area (Å²) in [6, 6.07) is 0. The van der Waals surface area contributed by atoms with Crippen molar-refractivity contribution in [3.63, 3.8) is 0 Å². The highest BCUT2D eigenvalue weighted by atomic mass is 31.2. The lowest BCUT2D eigenvalue weighted by Gasteiger charge is -2.21. The van der Waals surface area contributed by atoms with Crippen molar-refractivity contribution in [2.45, 2.75) is 303 Å². The summed E-state index contributed by atoms with van der Waals surface area (Å²) >= 11 is 0. The quantitative estimate of drug-likeness (QED) is 0.0197. The van der Waals surface area contributed by atoms with Crippen molar-refractivity contribution in [2.75, 3.05) is 26.4 Å². The third kappa shape index (κ3) is 54.2. The molecule has 11 nitrogen and oxygen atoms in total. The maximum Gasteiger partial charge on any atom is 0.472 e. The van der Waals surface area contributed by atoms with Crippen LogP contribution in [0.25, 0.3) is 0 Å². The zero-order valence-corrected chi connectivity index (χ0v) is 48.7. The van der Waals surface area contributed by atoms with Gasteiger partial charge in [-0.1, -0.05) is 236 Å². The summed E-state index contributed by atoms with van der Waals surface area (Å²) in [7, 11) is -4.75. The van der Waals surface area contributed by atoms with Crippen molar-refractivity contribution in [2.24, 2.45) is 0 Å². The molecular formula is C62H113O11P. The van der Waals surface area contributed by atoms with Crippen LogP contribution in [0.15, 0.2) is 48.6 Å². The minimum Gasteiger partial charge on any atom is -0.462 e. The van der Waals surface area contributed by atoms with Gasteiger partial charge in [-0.15, -0.1) is 0 Å². The second-order valence-electron chi connectivity index (χ2n) is 20.5. The first-order chi connectivity index (χ1) is 36.2. The van der Waals surface area contributed by atoms with Crippen LogP contribution in [-0.4, -0.2) is 66.5 Å². The summed E-state index contributed by atoms with van der Waals surface area (Å²) in [6.07, 6.45) is 60.6. The summed E-state index contributed by atoms with van der Waals surface area (Å²) in [5.74, 6) is -1.47. The summed E-state index contributed by atoms with van der Waals surface area (Å²) in [5, 5.41) is 9.82. The number of unbranched alkanes of at least 4 members (excludes halogenated alkanes) is 32. The molecule has 0 bridgehead atoms. The molecule has 74 heavy (non-hydrogen) atoms. The van der Waals surface area contributed by atoms with Gasteiger partial charge in [-0.25, -0.2) is 4.57 Å². The Morgan fingerprint density at radius 2 is 0.662 bits per heavy atom. The smallest absolute Gasteiger partial charge is 0.462 e. The number of phosphoric acid groups is 1. The molecule has 0 saturated heterocycles. The second kappa shape index (κ2) is 56.6. The lowest BCUT2D eigenvalue weighted by atomic mass is 10.0. The zero-order chi connectivity index (χ0) is 54.1. The van der Waals surface area contributed by atoms with E-state index in [9.17, 15) is 28.9 Å². The Labute approximate surface area is 453 Å². The number of hydrogen-bond acceptors (Lipinski definition) is 10. The van der Waals surface area contributed by atoms with E-state index >= 15 is 0 Å². The van der Waals surface area contributed by atoms with Crippen LogP contribution in [0, 0.1) is 0 Å². The molecule has 12 heteroatoms. The Balaban J connectivity index is 4.71. The maximum absolute atomic E-state index is 12.9. The molecule has 0 aromatic carbocycles. The fourth-order valence-corrected chi connectivity index (χ4v) is 9.32. The Morgan fingerprint density at radius 3 is 1.07 bits per heavy atom. The van der Waals surface area contributed by atoms with Crippen molar-refractivity contribution >= 4 is 25.7 Å². The van der Waals surface area contributed by atoms with Gasteiger partial charge >= 0.3 is 25.7 Å². The number of rotatable bonds is 57. The van der Waals surface area contributed by atoms with E-state index in [1.165, 1.54) is 122 Å². The second-order valence-corrected chi connectivity index (χ2v) is 22.0. The summed E-state index contributed by atoms with van der Waals surface area (Å²) in [6.45, 7) is 4.62. The van der Waals surface area contributed by atoms with E-state index in [-0.39, 0.29) is 25.9 Å². The van der Waals surface area contributed by atoms with E-state index < -0.39 is 57.8 Å². The van der Waals surface area contributed by atoms with Crippen molar-refractivity contribution in [3.8, 4) is 0 Å². The number of esters is 3. The van der Waals surface area contributed by atoms with E-state index in [2.05, 4.69) is 69.4 Å². The molecule has 3 unspecified atom stereocenters. The Morgan fingerprint density at radius 1 is 0.378 bits per heavy atom. The molecule has 0 aliphatic carbocycles. The lowest BCUT2D eigenvalue weighted by Crippen LogP contribution is -2.30. The Bertz CT molecular complexity index is 1430. The van der Waals surface area contributed by atoms with Crippen LogP contribution < -0.4 is 0 Å². The Kier molecular flexibility index (Phi) is 54.7. The molecule has 0 aliphatic heterocycles. The zero-order valence-electron chi connectivity index (χ0n) is 47.8. The lowest BCUT2D eigenvalue weighted by molar-refractivity contribution is -0.161. The van der Waals surface area contributed by atoms with Gasteiger partial charge in [-0.3, -0.25) is 23.4 Å². The molecule has 0 aromatic heterocycles. The predicted molar refractivity (Wildman–Crippen MR) is 307 cm³/mol. The number of ether oxygens (including phenoxy) is 3. The van der Waals surface area contributed by atoms with E-state index in [1.807, 2.05) is 0 Å². The third-order valence-corrected chi connectivity index (χ3v) is 14.2. The summed E-state index contributed by atoms with van der Waals surface area (Å²) in [4.78, 5) is 48.6. The van der Waals surface area contributed by atoms with E-state index in [0.29, 0.717) is 19.3 Å². The monoisotopic (exact) mass is 1060 g/mol. The molecule has 0 amide bonds. The van der Waals surface area contributed by atoms with Crippen molar-refractivity contribution in [1.82, 2.24) is 0 Å². The van der Waals surface area contributed by atoms with Crippen LogP contribution in [0.4, 0.5) is 0 Å². The molecule has 0 radical (unpaired) electrons. The van der Waals surface area contributed by atoms with Gasteiger partial charge in [0.2, 0.25) is 0 Å². The fourth-order valence-electron chi connectivity index (χ4n) is 8.54. The largest absolute Gasteiger partial charge is 0.472 e. The Hall–Kier alpha value is -2.56. The molecule has 3 atom stereocenters. The first kappa shape index (κ1) is 71.4. The summed E-state index contributed by atoms with van der Waals surface area (Å²) < 4.78 is 39.6. The summed E-state index contributed by atoms with van der Waals surface area (Å²) in [5.41, 5.74) is 0. The number of allylic oxidation sites excluding steroid dienone is 8. The van der Waals surface area contributed by atoms with E-state index in [4.69, 9.17) is 23.3 Å². The molecule has 0 aliphatic rings. The number of hydrogen-bond donors (Lipinski definition) is 2. The highest BCUT2D eigenvalue weighted by molar-refractivity contribution is 7.47. The molecular weight excluding hydrogens is 952 g/mol. The average molecular weight is 1070 g/mol. The number of carbonyl (C=O) groups is 3. The fraction of sp³-hybridized carbons (Fsp3) is 0.823. The van der Waals surface area contributed by atoms with Gasteiger partial charge in [0.1, 0.15) is 12.7 Å². The van der Waals surface area contributed by atoms with Crippen LogP contribution in [0.1, 0.15) is 290 Å². The van der Waals surface area contributed by atoms with Crippen LogP contribution in [0.2, 0.25) is 0 Å². The van der Waals surface area contributed by atoms with Crippen LogP contribution in [0.3, 0.4) is 0 Å². The third-order valence-electron chi connectivity index (χ3n) is 13.2. The van der Waals surface area contributed by atoms with E-state index in [1.54, 1.807) is 0 Å². The molecule has 0 aromatic rings. The van der Waals surface area contributed by atoms with Gasteiger partial charge < -0.3 is 24.2 Å². The SMILES string of the molecule is CCCCC/C=C\C/C=C\C/C=C\CCCCCCCCC(=O)OCC(COP(=O)(O)OCC(CO)OC(=O)CCCCCCC/C=C\CCCCCC)OC(=O)CCCCCCCCCCCCCCCCC. The van der Waals surface area contributed by atoms with Gasteiger partial charge in [-0.05, 0) is 83.5 Å². The van der Waals surface area contributed by atoms with Crippen LogP contribution in [-0.2, 0) is 42.2 Å². The molecule has 2 N–H and O–H groups in total. The van der Waals surface area contributed by atoms with Crippen molar-refractivity contribution < 1.29 is 52.2 Å². The predicted octanol–water partition coefficient (Wildman–Crippen LogP) is 18.1. The minimum atomic E-state index is -4.75. The maximum atomic E-state index is 12.9.